The van der Waals surface area contributed by atoms with Crippen molar-refractivity contribution in [2.24, 2.45) is 0 Å². The Balaban J connectivity index is 2.57. The van der Waals surface area contributed by atoms with Gasteiger partial charge in [0.2, 0.25) is 5.82 Å². The quantitative estimate of drug-likeness (QED) is 0.669. The van der Waals surface area contributed by atoms with E-state index in [4.69, 9.17) is 4.74 Å². The fourth-order valence-electron chi connectivity index (χ4n) is 1.40. The van der Waals surface area contributed by atoms with E-state index < -0.39 is 23.8 Å². The molecule has 1 aliphatic heterocycles. The Labute approximate surface area is 73.8 Å². The highest BCUT2D eigenvalue weighted by Gasteiger charge is 2.32. The van der Waals surface area contributed by atoms with Gasteiger partial charge in [0.05, 0.1) is 0 Å². The summed E-state index contributed by atoms with van der Waals surface area (Å²) >= 11 is 0. The van der Waals surface area contributed by atoms with Gasteiger partial charge >= 0.3 is 0 Å². The first-order valence-corrected chi connectivity index (χ1v) is 3.94. The van der Waals surface area contributed by atoms with Gasteiger partial charge in [0.25, 0.3) is 0 Å². The Morgan fingerprint density at radius 1 is 1.38 bits per heavy atom. The van der Waals surface area contributed by atoms with Crippen molar-refractivity contribution in [3.8, 4) is 5.75 Å². The van der Waals surface area contributed by atoms with Gasteiger partial charge in [-0.1, -0.05) is 0 Å². The molecule has 1 N–H and O–H groups in total. The van der Waals surface area contributed by atoms with E-state index in [0.717, 1.165) is 6.07 Å². The van der Waals surface area contributed by atoms with Gasteiger partial charge in [0.1, 0.15) is 12.2 Å². The maximum Gasteiger partial charge on any atom is 0.201 e. The van der Waals surface area contributed by atoms with Crippen molar-refractivity contribution in [3.63, 3.8) is 0 Å². The van der Waals surface area contributed by atoms with Gasteiger partial charge in [0, 0.05) is 5.56 Å². The minimum Gasteiger partial charge on any atom is -0.484 e. The smallest absolute Gasteiger partial charge is 0.201 e. The molecule has 1 aromatic rings. The zero-order valence-corrected chi connectivity index (χ0v) is 6.92. The van der Waals surface area contributed by atoms with Crippen molar-refractivity contribution in [1.82, 2.24) is 0 Å². The molecule has 70 valence electrons. The molecular formula is C9H8F2O2. The van der Waals surface area contributed by atoms with Gasteiger partial charge in [-0.2, -0.15) is 4.39 Å². The molecule has 13 heavy (non-hydrogen) atoms. The second kappa shape index (κ2) is 2.67. The topological polar surface area (TPSA) is 29.5 Å². The van der Waals surface area contributed by atoms with E-state index in [9.17, 15) is 13.9 Å². The molecular weight excluding hydrogens is 178 g/mol. The summed E-state index contributed by atoms with van der Waals surface area (Å²) in [6.07, 6.45) is -1.39. The van der Waals surface area contributed by atoms with Gasteiger partial charge in [-0.05, 0) is 19.1 Å². The third-order valence-electron chi connectivity index (χ3n) is 2.15. The first-order valence-electron chi connectivity index (χ1n) is 3.94. The molecule has 0 saturated heterocycles. The molecule has 2 rings (SSSR count). The minimum absolute atomic E-state index is 0.167. The monoisotopic (exact) mass is 186 g/mol. The predicted octanol–water partition coefficient (Wildman–Crippen LogP) is 1.78. The highest BCUT2D eigenvalue weighted by Crippen LogP contribution is 2.38. The Morgan fingerprint density at radius 2 is 2.08 bits per heavy atom. The molecule has 1 aromatic carbocycles. The third kappa shape index (κ3) is 1.09. The predicted molar refractivity (Wildman–Crippen MR) is 41.4 cm³/mol. The highest BCUT2D eigenvalue weighted by atomic mass is 19.2. The van der Waals surface area contributed by atoms with Crippen LogP contribution in [0.2, 0.25) is 0 Å². The van der Waals surface area contributed by atoms with E-state index >= 15 is 0 Å². The van der Waals surface area contributed by atoms with E-state index in [2.05, 4.69) is 0 Å². The first-order chi connectivity index (χ1) is 6.11. The van der Waals surface area contributed by atoms with Crippen LogP contribution in [0.1, 0.15) is 18.6 Å². The summed E-state index contributed by atoms with van der Waals surface area (Å²) < 4.78 is 30.7. The molecule has 0 fully saturated rings. The number of fused-ring (bicyclic) bond motifs is 1. The molecule has 4 heteroatoms. The summed E-state index contributed by atoms with van der Waals surface area (Å²) in [6, 6.07) is 2.32. The first kappa shape index (κ1) is 8.44. The van der Waals surface area contributed by atoms with Gasteiger partial charge in [-0.15, -0.1) is 0 Å². The molecule has 0 aromatic heterocycles. The number of benzene rings is 1. The number of rotatable bonds is 0. The van der Waals surface area contributed by atoms with Crippen LogP contribution in [0, 0.1) is 11.6 Å². The van der Waals surface area contributed by atoms with Crippen molar-refractivity contribution in [2.75, 3.05) is 0 Å². The minimum atomic E-state index is -1.03. The van der Waals surface area contributed by atoms with Gasteiger partial charge in [-0.3, -0.25) is 0 Å². The van der Waals surface area contributed by atoms with Crippen LogP contribution in [0.4, 0.5) is 8.78 Å². The summed E-state index contributed by atoms with van der Waals surface area (Å²) in [7, 11) is 0. The van der Waals surface area contributed by atoms with Crippen molar-refractivity contribution in [1.29, 1.82) is 0 Å². The molecule has 0 radical (unpaired) electrons. The van der Waals surface area contributed by atoms with Crippen LogP contribution >= 0.6 is 0 Å². The molecule has 2 atom stereocenters. The normalized spacial score (nSPS) is 25.5. The zero-order chi connectivity index (χ0) is 9.59. The fourth-order valence-corrected chi connectivity index (χ4v) is 1.40. The van der Waals surface area contributed by atoms with E-state index in [0.29, 0.717) is 5.56 Å². The van der Waals surface area contributed by atoms with E-state index in [1.165, 1.54) is 6.07 Å². The third-order valence-corrected chi connectivity index (χ3v) is 2.15. The second-order valence-corrected chi connectivity index (χ2v) is 3.05. The lowest BCUT2D eigenvalue weighted by atomic mass is 10.1. The Morgan fingerprint density at radius 3 is 2.77 bits per heavy atom. The molecule has 0 aliphatic carbocycles. The Bertz CT molecular complexity index is 352. The van der Waals surface area contributed by atoms with Crippen LogP contribution in [-0.4, -0.2) is 11.2 Å². The van der Waals surface area contributed by atoms with E-state index in [-0.39, 0.29) is 5.75 Å². The van der Waals surface area contributed by atoms with Crippen LogP contribution in [-0.2, 0) is 0 Å². The summed E-state index contributed by atoms with van der Waals surface area (Å²) in [4.78, 5) is 0. The van der Waals surface area contributed by atoms with E-state index in [1.54, 1.807) is 6.92 Å². The van der Waals surface area contributed by atoms with Crippen LogP contribution in [0.3, 0.4) is 0 Å². The average Bonchev–Trinajstić information content (AvgIpc) is 2.38. The summed E-state index contributed by atoms with van der Waals surface area (Å²) in [5.41, 5.74) is 0.311. The lowest BCUT2D eigenvalue weighted by Crippen LogP contribution is -2.12. The van der Waals surface area contributed by atoms with Crippen LogP contribution in [0.15, 0.2) is 12.1 Å². The fraction of sp³-hybridized carbons (Fsp3) is 0.333. The number of halogens is 2. The molecule has 0 saturated carbocycles. The van der Waals surface area contributed by atoms with Gasteiger partial charge < -0.3 is 9.84 Å². The second-order valence-electron chi connectivity index (χ2n) is 3.05. The van der Waals surface area contributed by atoms with Gasteiger partial charge in [-0.25, -0.2) is 4.39 Å². The maximum absolute atomic E-state index is 13.0. The number of ether oxygens (including phenoxy) is 1. The summed E-state index contributed by atoms with van der Waals surface area (Å²) in [6.45, 7) is 1.60. The molecule has 1 heterocycles. The lowest BCUT2D eigenvalue weighted by Gasteiger charge is -2.06. The van der Waals surface area contributed by atoms with Crippen molar-refractivity contribution < 1.29 is 18.6 Å². The molecule has 2 unspecified atom stereocenters. The molecule has 0 amide bonds. The lowest BCUT2D eigenvalue weighted by molar-refractivity contribution is 0.0781. The van der Waals surface area contributed by atoms with Crippen LogP contribution in [0.5, 0.6) is 5.75 Å². The van der Waals surface area contributed by atoms with Crippen molar-refractivity contribution >= 4 is 0 Å². The largest absolute Gasteiger partial charge is 0.484 e. The van der Waals surface area contributed by atoms with E-state index in [1.807, 2.05) is 0 Å². The maximum atomic E-state index is 13.0. The Kier molecular flexibility index (Phi) is 1.73. The highest BCUT2D eigenvalue weighted by molar-refractivity contribution is 5.41. The van der Waals surface area contributed by atoms with Crippen molar-refractivity contribution in [2.45, 2.75) is 19.1 Å². The molecule has 0 bridgehead atoms. The van der Waals surface area contributed by atoms with Crippen LogP contribution in [0.25, 0.3) is 0 Å². The standard InChI is InChI=1S/C9H8F2O2/c1-4-8(12)5-2-3-6(10)7(11)9(5)13-4/h2-4,8,12H,1H3. The molecule has 1 aliphatic rings. The summed E-state index contributed by atoms with van der Waals surface area (Å²) in [5, 5.41) is 9.45. The summed E-state index contributed by atoms with van der Waals surface area (Å²) in [5.74, 6) is -2.15. The van der Waals surface area contributed by atoms with Crippen molar-refractivity contribution in [3.05, 3.63) is 29.3 Å². The number of hydrogen-bond acceptors (Lipinski definition) is 2. The average molecular weight is 186 g/mol. The number of aliphatic hydroxyl groups is 1. The zero-order valence-electron chi connectivity index (χ0n) is 6.92. The van der Waals surface area contributed by atoms with Gasteiger partial charge in [0.15, 0.2) is 11.6 Å². The molecule has 0 spiro atoms. The Hall–Kier alpha value is -1.16. The molecule has 2 nitrogen and oxygen atoms in total. The number of aliphatic hydroxyl groups excluding tert-OH is 1. The number of hydrogen-bond donors (Lipinski definition) is 1. The van der Waals surface area contributed by atoms with Crippen LogP contribution < -0.4 is 4.74 Å². The SMILES string of the molecule is CC1Oc2c(ccc(F)c2F)C1O.